The van der Waals surface area contributed by atoms with Gasteiger partial charge in [0.15, 0.2) is 5.69 Å². The Morgan fingerprint density at radius 2 is 1.84 bits per heavy atom. The Hall–Kier alpha value is -4.72. The predicted octanol–water partition coefficient (Wildman–Crippen LogP) is 6.36. The van der Waals surface area contributed by atoms with Gasteiger partial charge < -0.3 is 15.0 Å². The second-order valence-electron chi connectivity index (χ2n) is 9.57. The Morgan fingerprint density at radius 3 is 2.66 bits per heavy atom. The number of pyridine rings is 2. The van der Waals surface area contributed by atoms with Gasteiger partial charge in [0.05, 0.1) is 29.3 Å². The van der Waals surface area contributed by atoms with Gasteiger partial charge in [0.2, 0.25) is 5.88 Å². The number of aryl methyl sites for hydroxylation is 1. The molecule has 0 spiro atoms. The van der Waals surface area contributed by atoms with Crippen molar-refractivity contribution in [3.05, 3.63) is 90.5 Å². The number of aromatic nitrogens is 4. The van der Waals surface area contributed by atoms with Crippen LogP contribution in [0.3, 0.4) is 0 Å². The number of hydrogen-bond donors (Lipinski definition) is 2. The number of carbonyl (C=O) groups is 1. The molecule has 190 valence electrons. The van der Waals surface area contributed by atoms with Crippen molar-refractivity contribution < 1.29 is 9.53 Å². The summed E-state index contributed by atoms with van der Waals surface area (Å²) in [5.41, 5.74) is 5.90. The third-order valence-electron chi connectivity index (χ3n) is 6.76. The van der Waals surface area contributed by atoms with Crippen LogP contribution in [0, 0.1) is 6.92 Å². The molecule has 5 aromatic rings. The smallest absolute Gasteiger partial charge is 0.276 e. The van der Waals surface area contributed by atoms with Crippen LogP contribution in [0.25, 0.3) is 22.0 Å². The number of piperidine rings is 1. The van der Waals surface area contributed by atoms with Gasteiger partial charge in [0.1, 0.15) is 5.75 Å². The lowest BCUT2D eigenvalue weighted by Gasteiger charge is -2.28. The standard InChI is InChI=1S/C30H28N6O2/c1-20-6-5-7-25(14-20)38-28-11-9-23(18-32-28)33-30(37)29-26-16-21(8-10-27(26)34-35-29)22-15-24(19-31-17-22)36-12-3-2-4-13-36/h5-11,14-19H,2-4,12-13H2,1H3,(H,33,37)(H,34,35). The normalized spacial score (nSPS) is 13.4. The van der Waals surface area contributed by atoms with E-state index in [-0.39, 0.29) is 5.91 Å². The number of benzene rings is 2. The fourth-order valence-electron chi connectivity index (χ4n) is 4.78. The van der Waals surface area contributed by atoms with Gasteiger partial charge in [-0.05, 0) is 73.7 Å². The molecule has 1 saturated heterocycles. The largest absolute Gasteiger partial charge is 0.439 e. The minimum Gasteiger partial charge on any atom is -0.439 e. The minimum atomic E-state index is -0.317. The number of hydrogen-bond acceptors (Lipinski definition) is 6. The zero-order valence-electron chi connectivity index (χ0n) is 21.1. The highest BCUT2D eigenvalue weighted by molar-refractivity contribution is 6.11. The summed E-state index contributed by atoms with van der Waals surface area (Å²) in [6, 6.07) is 19.4. The molecule has 0 unspecified atom stereocenters. The average Bonchev–Trinajstić information content (AvgIpc) is 3.38. The molecule has 0 atom stereocenters. The molecule has 1 aliphatic heterocycles. The molecule has 2 N–H and O–H groups in total. The van der Waals surface area contributed by atoms with E-state index in [0.717, 1.165) is 46.4 Å². The van der Waals surface area contributed by atoms with E-state index in [1.165, 1.54) is 19.3 Å². The number of ether oxygens (including phenoxy) is 1. The maximum atomic E-state index is 13.1. The Bertz CT molecular complexity index is 1590. The van der Waals surface area contributed by atoms with Crippen LogP contribution >= 0.6 is 0 Å². The van der Waals surface area contributed by atoms with E-state index in [1.54, 1.807) is 18.3 Å². The molecule has 4 heterocycles. The van der Waals surface area contributed by atoms with E-state index in [1.807, 2.05) is 61.8 Å². The molecule has 1 aliphatic rings. The van der Waals surface area contributed by atoms with Crippen molar-refractivity contribution in [1.29, 1.82) is 0 Å². The minimum absolute atomic E-state index is 0.317. The van der Waals surface area contributed by atoms with Gasteiger partial charge >= 0.3 is 0 Å². The molecule has 38 heavy (non-hydrogen) atoms. The Morgan fingerprint density at radius 1 is 0.947 bits per heavy atom. The summed E-state index contributed by atoms with van der Waals surface area (Å²) in [6.07, 6.45) is 9.06. The maximum Gasteiger partial charge on any atom is 0.276 e. The topological polar surface area (TPSA) is 96.0 Å². The second-order valence-corrected chi connectivity index (χ2v) is 9.57. The zero-order valence-corrected chi connectivity index (χ0v) is 21.1. The first-order valence-corrected chi connectivity index (χ1v) is 12.8. The van der Waals surface area contributed by atoms with Crippen molar-refractivity contribution in [3.63, 3.8) is 0 Å². The third kappa shape index (κ3) is 5.06. The summed E-state index contributed by atoms with van der Waals surface area (Å²) in [5.74, 6) is 0.844. The van der Waals surface area contributed by atoms with Crippen LogP contribution in [0.4, 0.5) is 11.4 Å². The lowest BCUT2D eigenvalue weighted by Crippen LogP contribution is -2.29. The van der Waals surface area contributed by atoms with E-state index in [2.05, 4.69) is 36.4 Å². The molecular formula is C30H28N6O2. The quantitative estimate of drug-likeness (QED) is 0.279. The molecule has 2 aromatic carbocycles. The van der Waals surface area contributed by atoms with Crippen LogP contribution in [0.1, 0.15) is 35.3 Å². The summed E-state index contributed by atoms with van der Waals surface area (Å²) in [5, 5.41) is 10.9. The second kappa shape index (κ2) is 10.3. The average molecular weight is 505 g/mol. The number of fused-ring (bicyclic) bond motifs is 1. The van der Waals surface area contributed by atoms with Gasteiger partial charge in [0, 0.05) is 36.3 Å². The van der Waals surface area contributed by atoms with Gasteiger partial charge in [-0.15, -0.1) is 0 Å². The molecular weight excluding hydrogens is 476 g/mol. The van der Waals surface area contributed by atoms with Crippen LogP contribution in [-0.4, -0.2) is 39.2 Å². The molecule has 0 bridgehead atoms. The summed E-state index contributed by atoms with van der Waals surface area (Å²) in [6.45, 7) is 4.12. The molecule has 0 aliphatic carbocycles. The number of anilines is 2. The van der Waals surface area contributed by atoms with Crippen molar-refractivity contribution >= 4 is 28.2 Å². The van der Waals surface area contributed by atoms with Gasteiger partial charge in [-0.3, -0.25) is 14.9 Å². The van der Waals surface area contributed by atoms with E-state index < -0.39 is 0 Å². The molecule has 3 aromatic heterocycles. The van der Waals surface area contributed by atoms with Crippen LogP contribution in [0.5, 0.6) is 11.6 Å². The molecule has 0 saturated carbocycles. The molecule has 8 nitrogen and oxygen atoms in total. The highest BCUT2D eigenvalue weighted by Gasteiger charge is 2.17. The monoisotopic (exact) mass is 504 g/mol. The van der Waals surface area contributed by atoms with Gasteiger partial charge in [-0.1, -0.05) is 18.2 Å². The molecule has 6 rings (SSSR count). The highest BCUT2D eigenvalue weighted by atomic mass is 16.5. The summed E-state index contributed by atoms with van der Waals surface area (Å²) in [7, 11) is 0. The number of amides is 1. The van der Waals surface area contributed by atoms with Crippen molar-refractivity contribution in [2.24, 2.45) is 0 Å². The van der Waals surface area contributed by atoms with E-state index in [0.29, 0.717) is 23.0 Å². The van der Waals surface area contributed by atoms with Crippen molar-refractivity contribution in [3.8, 4) is 22.8 Å². The van der Waals surface area contributed by atoms with Crippen LogP contribution in [-0.2, 0) is 0 Å². The van der Waals surface area contributed by atoms with Crippen molar-refractivity contribution in [2.45, 2.75) is 26.2 Å². The van der Waals surface area contributed by atoms with E-state index in [4.69, 9.17) is 4.74 Å². The van der Waals surface area contributed by atoms with E-state index >= 15 is 0 Å². The van der Waals surface area contributed by atoms with Gasteiger partial charge in [0.25, 0.3) is 5.91 Å². The fraction of sp³-hybridized carbons (Fsp3) is 0.200. The zero-order chi connectivity index (χ0) is 25.9. The van der Waals surface area contributed by atoms with Crippen molar-refractivity contribution in [1.82, 2.24) is 20.2 Å². The summed E-state index contributed by atoms with van der Waals surface area (Å²) < 4.78 is 5.80. The Balaban J connectivity index is 1.20. The number of rotatable bonds is 6. The van der Waals surface area contributed by atoms with E-state index in [9.17, 15) is 4.79 Å². The lowest BCUT2D eigenvalue weighted by molar-refractivity contribution is 0.102. The van der Waals surface area contributed by atoms with Gasteiger partial charge in [-0.2, -0.15) is 5.10 Å². The maximum absolute atomic E-state index is 13.1. The summed E-state index contributed by atoms with van der Waals surface area (Å²) in [4.78, 5) is 24.3. The molecule has 1 amide bonds. The summed E-state index contributed by atoms with van der Waals surface area (Å²) >= 11 is 0. The Kier molecular flexibility index (Phi) is 6.44. The Labute approximate surface area is 220 Å². The lowest BCUT2D eigenvalue weighted by atomic mass is 10.0. The molecule has 0 radical (unpaired) electrons. The number of nitrogens with one attached hydrogen (secondary N) is 2. The number of carbonyl (C=O) groups excluding carboxylic acids is 1. The SMILES string of the molecule is Cc1cccc(Oc2ccc(NC(=O)c3n[nH]c4ccc(-c5cncc(N6CCCCC6)c5)cc34)cn2)c1. The molecule has 1 fully saturated rings. The predicted molar refractivity (Wildman–Crippen MR) is 149 cm³/mol. The number of aromatic amines is 1. The number of nitrogens with zero attached hydrogens (tertiary/aromatic N) is 4. The third-order valence-corrected chi connectivity index (χ3v) is 6.76. The number of H-pyrrole nitrogens is 1. The first-order valence-electron chi connectivity index (χ1n) is 12.8. The van der Waals surface area contributed by atoms with Crippen LogP contribution in [0.2, 0.25) is 0 Å². The van der Waals surface area contributed by atoms with Crippen molar-refractivity contribution in [2.75, 3.05) is 23.3 Å². The van der Waals surface area contributed by atoms with Crippen LogP contribution in [0.15, 0.2) is 79.3 Å². The highest BCUT2D eigenvalue weighted by Crippen LogP contribution is 2.29. The fourth-order valence-corrected chi connectivity index (χ4v) is 4.78. The first-order chi connectivity index (χ1) is 18.6. The molecule has 8 heteroatoms. The first kappa shape index (κ1) is 23.7. The van der Waals surface area contributed by atoms with Gasteiger partial charge in [-0.25, -0.2) is 4.98 Å². The van der Waals surface area contributed by atoms with Crippen LogP contribution < -0.4 is 15.0 Å².